The van der Waals surface area contributed by atoms with Gasteiger partial charge in [0, 0.05) is 31.6 Å². The van der Waals surface area contributed by atoms with Gasteiger partial charge in [0.1, 0.15) is 0 Å². The second-order valence-electron chi connectivity index (χ2n) is 7.31. The molecule has 10 heteroatoms. The molecule has 3 aromatic rings. The van der Waals surface area contributed by atoms with Gasteiger partial charge in [0.05, 0.1) is 10.6 Å². The molecule has 31 heavy (non-hydrogen) atoms. The van der Waals surface area contributed by atoms with Gasteiger partial charge >= 0.3 is 0 Å². The average Bonchev–Trinajstić information content (AvgIpc) is 3.05. The van der Waals surface area contributed by atoms with Crippen LogP contribution in [-0.4, -0.2) is 42.5 Å². The highest BCUT2D eigenvalue weighted by molar-refractivity contribution is 7.92. The van der Waals surface area contributed by atoms with Crippen LogP contribution < -0.4 is 4.72 Å². The fourth-order valence-corrected chi connectivity index (χ4v) is 4.65. The number of aromatic nitrogens is 2. The molecule has 0 aliphatic carbocycles. The first-order valence-electron chi connectivity index (χ1n) is 9.64. The average molecular weight is 446 g/mol. The molecule has 162 valence electrons. The summed E-state index contributed by atoms with van der Waals surface area (Å²) in [6.07, 6.45) is 1.22. The van der Waals surface area contributed by atoms with Crippen molar-refractivity contribution >= 4 is 21.7 Å². The van der Waals surface area contributed by atoms with Gasteiger partial charge in [-0.15, -0.1) is 0 Å². The number of sulfonamides is 1. The van der Waals surface area contributed by atoms with Crippen molar-refractivity contribution in [2.24, 2.45) is 0 Å². The molecule has 0 spiro atoms. The molecule has 1 aliphatic rings. The zero-order chi connectivity index (χ0) is 22.2. The number of benzene rings is 2. The quantitative estimate of drug-likeness (QED) is 0.644. The van der Waals surface area contributed by atoms with E-state index in [2.05, 4.69) is 14.9 Å². The van der Waals surface area contributed by atoms with Crippen LogP contribution in [0.2, 0.25) is 0 Å². The van der Waals surface area contributed by atoms with Crippen molar-refractivity contribution in [3.05, 3.63) is 65.2 Å². The maximum atomic E-state index is 14.0. The second-order valence-corrected chi connectivity index (χ2v) is 8.99. The Morgan fingerprint density at radius 2 is 1.84 bits per heavy atom. The van der Waals surface area contributed by atoms with E-state index in [4.69, 9.17) is 0 Å². The molecule has 7 nitrogen and oxygen atoms in total. The first-order valence-corrected chi connectivity index (χ1v) is 11.1. The number of rotatable bonds is 4. The van der Waals surface area contributed by atoms with Gasteiger partial charge in [0.25, 0.3) is 10.0 Å². The van der Waals surface area contributed by atoms with Crippen LogP contribution in [0.25, 0.3) is 11.3 Å². The Bertz CT molecular complexity index is 1260. The lowest BCUT2D eigenvalue weighted by Crippen LogP contribution is -2.30. The third-order valence-electron chi connectivity index (χ3n) is 5.29. The Hall–Kier alpha value is -3.27. The number of carbonyl (C=O) groups is 1. The summed E-state index contributed by atoms with van der Waals surface area (Å²) in [5.41, 5.74) is 1.96. The highest BCUT2D eigenvalue weighted by Gasteiger charge is 2.21. The zero-order valence-electron chi connectivity index (χ0n) is 16.7. The van der Waals surface area contributed by atoms with E-state index in [0.717, 1.165) is 17.2 Å². The van der Waals surface area contributed by atoms with Crippen molar-refractivity contribution in [2.75, 3.05) is 17.8 Å². The molecule has 0 radical (unpaired) electrons. The normalized spacial score (nSPS) is 14.1. The van der Waals surface area contributed by atoms with Crippen LogP contribution in [0.5, 0.6) is 0 Å². The molecule has 1 aliphatic heterocycles. The number of nitrogens with one attached hydrogen (secondary N) is 2. The molecule has 0 unspecified atom stereocenters. The molecular weight excluding hydrogens is 426 g/mol. The summed E-state index contributed by atoms with van der Waals surface area (Å²) in [4.78, 5) is 13.4. The summed E-state index contributed by atoms with van der Waals surface area (Å²) < 4.78 is 55.5. The first-order chi connectivity index (χ1) is 14.7. The molecule has 1 aromatic heterocycles. The molecule has 0 saturated heterocycles. The summed E-state index contributed by atoms with van der Waals surface area (Å²) in [7, 11) is -3.96. The van der Waals surface area contributed by atoms with Crippen LogP contribution in [0.4, 0.5) is 14.6 Å². The number of hydrogen-bond acceptors (Lipinski definition) is 4. The molecule has 1 amide bonds. The lowest BCUT2D eigenvalue weighted by Gasteiger charge is -2.17. The maximum absolute atomic E-state index is 14.0. The largest absolute Gasteiger partial charge is 0.342 e. The minimum Gasteiger partial charge on any atom is -0.342 e. The molecule has 2 aromatic carbocycles. The molecule has 2 N–H and O–H groups in total. The van der Waals surface area contributed by atoms with E-state index in [1.54, 1.807) is 17.0 Å². The molecule has 2 heterocycles. The summed E-state index contributed by atoms with van der Waals surface area (Å²) in [5.74, 6) is -2.11. The molecule has 0 fully saturated rings. The third kappa shape index (κ3) is 4.29. The minimum atomic E-state index is -3.96. The van der Waals surface area contributed by atoms with Crippen molar-refractivity contribution in [1.29, 1.82) is 0 Å². The molecule has 0 bridgehead atoms. The van der Waals surface area contributed by atoms with E-state index in [-0.39, 0.29) is 27.9 Å². The Kier molecular flexibility index (Phi) is 5.48. The van der Waals surface area contributed by atoms with E-state index in [0.29, 0.717) is 25.9 Å². The minimum absolute atomic E-state index is 0.00797. The summed E-state index contributed by atoms with van der Waals surface area (Å²) >= 11 is 0. The maximum Gasteiger partial charge on any atom is 0.263 e. The van der Waals surface area contributed by atoms with E-state index < -0.39 is 21.7 Å². The van der Waals surface area contributed by atoms with Crippen molar-refractivity contribution in [3.63, 3.8) is 0 Å². The van der Waals surface area contributed by atoms with Gasteiger partial charge < -0.3 is 4.90 Å². The van der Waals surface area contributed by atoms with Crippen LogP contribution in [0, 0.1) is 11.6 Å². The number of H-pyrrole nitrogens is 1. The van der Waals surface area contributed by atoms with Gasteiger partial charge in [0.2, 0.25) is 5.91 Å². The van der Waals surface area contributed by atoms with E-state index in [1.807, 2.05) is 0 Å². The SMILES string of the molecule is CC(=O)N1CCc2ccc(S(=O)(=O)Nc3cc(-c4cccc(F)c4F)[nH]n3)cc2CC1. The Morgan fingerprint density at radius 1 is 1.10 bits per heavy atom. The number of halogens is 2. The summed E-state index contributed by atoms with van der Waals surface area (Å²) in [5, 5.41) is 6.37. The third-order valence-corrected chi connectivity index (χ3v) is 6.65. The van der Waals surface area contributed by atoms with Crippen LogP contribution in [0.1, 0.15) is 18.1 Å². The zero-order valence-corrected chi connectivity index (χ0v) is 17.5. The number of carbonyl (C=O) groups excluding carboxylic acids is 1. The number of amides is 1. The standard InChI is InChI=1S/C21H20F2N4O3S/c1-13(28)27-9-7-14-5-6-16(11-15(14)8-10-27)31(29,30)26-20-12-19(24-25-20)17-3-2-4-18(22)21(17)23/h2-6,11-12H,7-10H2,1H3,(H2,24,25,26). The topological polar surface area (TPSA) is 95.2 Å². The summed E-state index contributed by atoms with van der Waals surface area (Å²) in [6.45, 7) is 2.64. The smallest absolute Gasteiger partial charge is 0.263 e. The van der Waals surface area contributed by atoms with Gasteiger partial charge in [-0.25, -0.2) is 17.2 Å². The second kappa shape index (κ2) is 8.10. The van der Waals surface area contributed by atoms with Crippen molar-refractivity contribution in [1.82, 2.24) is 15.1 Å². The monoisotopic (exact) mass is 446 g/mol. The molecule has 0 saturated carbocycles. The number of aromatic amines is 1. The van der Waals surface area contributed by atoms with E-state index in [9.17, 15) is 22.0 Å². The summed E-state index contributed by atoms with van der Waals surface area (Å²) in [6, 6.07) is 9.86. The number of anilines is 1. The van der Waals surface area contributed by atoms with Crippen LogP contribution in [-0.2, 0) is 27.7 Å². The highest BCUT2D eigenvalue weighted by Crippen LogP contribution is 2.26. The molecular formula is C21H20F2N4O3S. The first kappa shape index (κ1) is 21.0. The molecule has 4 rings (SSSR count). The van der Waals surface area contributed by atoms with Gasteiger partial charge in [-0.2, -0.15) is 5.10 Å². The van der Waals surface area contributed by atoms with Crippen molar-refractivity contribution in [3.8, 4) is 11.3 Å². The predicted molar refractivity (Wildman–Crippen MR) is 111 cm³/mol. The van der Waals surface area contributed by atoms with Gasteiger partial charge in [-0.3, -0.25) is 14.6 Å². The van der Waals surface area contributed by atoms with Gasteiger partial charge in [-0.05, 0) is 48.2 Å². The Labute approximate surface area is 178 Å². The fraction of sp³-hybridized carbons (Fsp3) is 0.238. The predicted octanol–water partition coefficient (Wildman–Crippen LogP) is 3.10. The van der Waals surface area contributed by atoms with Gasteiger partial charge in [-0.1, -0.05) is 12.1 Å². The van der Waals surface area contributed by atoms with E-state index >= 15 is 0 Å². The fourth-order valence-electron chi connectivity index (χ4n) is 3.60. The Morgan fingerprint density at radius 3 is 2.58 bits per heavy atom. The highest BCUT2D eigenvalue weighted by atomic mass is 32.2. The lowest BCUT2D eigenvalue weighted by atomic mass is 10.0. The number of nitrogens with zero attached hydrogens (tertiary/aromatic N) is 2. The molecule has 0 atom stereocenters. The van der Waals surface area contributed by atoms with Crippen LogP contribution in [0.15, 0.2) is 47.4 Å². The van der Waals surface area contributed by atoms with Crippen LogP contribution >= 0.6 is 0 Å². The van der Waals surface area contributed by atoms with Crippen molar-refractivity contribution in [2.45, 2.75) is 24.7 Å². The van der Waals surface area contributed by atoms with Crippen molar-refractivity contribution < 1.29 is 22.0 Å². The van der Waals surface area contributed by atoms with Crippen LogP contribution in [0.3, 0.4) is 0 Å². The Balaban J connectivity index is 1.56. The van der Waals surface area contributed by atoms with Gasteiger partial charge in [0.15, 0.2) is 17.5 Å². The number of fused-ring (bicyclic) bond motifs is 1. The number of hydrogen-bond donors (Lipinski definition) is 2. The van der Waals surface area contributed by atoms with E-state index in [1.165, 1.54) is 31.2 Å². The lowest BCUT2D eigenvalue weighted by molar-refractivity contribution is -0.128.